The van der Waals surface area contributed by atoms with Crippen molar-refractivity contribution in [2.45, 2.75) is 0 Å². The molecule has 0 saturated heterocycles. The first-order valence-electron chi connectivity index (χ1n) is 5.18. The van der Waals surface area contributed by atoms with E-state index in [1.807, 2.05) is 0 Å². The number of nitrogens with zero attached hydrogens (tertiary/aromatic N) is 1. The van der Waals surface area contributed by atoms with E-state index in [2.05, 4.69) is 4.18 Å². The quantitative estimate of drug-likeness (QED) is 0.281. The first-order chi connectivity index (χ1) is 8.41. The van der Waals surface area contributed by atoms with Crippen LogP contribution in [0.5, 0.6) is 0 Å². The second-order valence-corrected chi connectivity index (χ2v) is 4.08. The van der Waals surface area contributed by atoms with Crippen molar-refractivity contribution < 1.29 is 37.6 Å². The summed E-state index contributed by atoms with van der Waals surface area (Å²) < 4.78 is 30.7. The van der Waals surface area contributed by atoms with Gasteiger partial charge in [-0.3, -0.25) is 9.45 Å². The molecule has 0 aliphatic heterocycles. The molecule has 5 N–H and O–H groups in total. The summed E-state index contributed by atoms with van der Waals surface area (Å²) in [7, 11) is -4.35. The number of aliphatic hydroxyl groups is 4. The topological polar surface area (TPSA) is 148 Å². The Labute approximate surface area is 106 Å². The van der Waals surface area contributed by atoms with Gasteiger partial charge in [-0.1, -0.05) is 0 Å². The SMILES string of the molecule is O=S(=O)(O)OCCO.OCCN(CCO)CCO. The highest BCUT2D eigenvalue weighted by atomic mass is 32.3. The third-order valence-electron chi connectivity index (χ3n) is 1.57. The first kappa shape index (κ1) is 20.0. The van der Waals surface area contributed by atoms with Crippen LogP contribution in [0.25, 0.3) is 0 Å². The van der Waals surface area contributed by atoms with Gasteiger partial charge >= 0.3 is 10.4 Å². The Morgan fingerprint density at radius 1 is 0.833 bits per heavy atom. The molecule has 0 unspecified atom stereocenters. The van der Waals surface area contributed by atoms with Crippen molar-refractivity contribution in [1.82, 2.24) is 4.90 Å². The third kappa shape index (κ3) is 18.0. The molecule has 18 heavy (non-hydrogen) atoms. The lowest BCUT2D eigenvalue weighted by atomic mass is 10.4. The number of aliphatic hydroxyl groups excluding tert-OH is 4. The average molecular weight is 291 g/mol. The molecule has 0 saturated carbocycles. The van der Waals surface area contributed by atoms with Gasteiger partial charge in [0.25, 0.3) is 0 Å². The van der Waals surface area contributed by atoms with E-state index in [4.69, 9.17) is 25.0 Å². The summed E-state index contributed by atoms with van der Waals surface area (Å²) in [6.45, 7) is 0.919. The van der Waals surface area contributed by atoms with Gasteiger partial charge in [0.15, 0.2) is 0 Å². The minimum atomic E-state index is -4.35. The largest absolute Gasteiger partial charge is 0.397 e. The number of hydrogen-bond donors (Lipinski definition) is 5. The van der Waals surface area contributed by atoms with Gasteiger partial charge in [0.05, 0.1) is 33.0 Å². The van der Waals surface area contributed by atoms with Crippen LogP contribution in [-0.4, -0.2) is 91.0 Å². The molecule has 0 heterocycles. The zero-order chi connectivity index (χ0) is 14.4. The maximum absolute atomic E-state index is 9.61. The lowest BCUT2D eigenvalue weighted by Crippen LogP contribution is -2.32. The van der Waals surface area contributed by atoms with Gasteiger partial charge in [-0.15, -0.1) is 0 Å². The predicted molar refractivity (Wildman–Crippen MR) is 62.3 cm³/mol. The van der Waals surface area contributed by atoms with Gasteiger partial charge in [-0.05, 0) is 0 Å². The fourth-order valence-electron chi connectivity index (χ4n) is 0.902. The molecule has 9 nitrogen and oxygen atoms in total. The molecule has 0 radical (unpaired) electrons. The lowest BCUT2D eigenvalue weighted by molar-refractivity contribution is 0.136. The molecule has 0 aromatic rings. The smallest absolute Gasteiger partial charge is 0.395 e. The van der Waals surface area contributed by atoms with E-state index >= 15 is 0 Å². The molecule has 0 aromatic carbocycles. The number of rotatable bonds is 9. The summed E-state index contributed by atoms with van der Waals surface area (Å²) in [6.07, 6.45) is 0. The fourth-order valence-corrected chi connectivity index (χ4v) is 1.19. The van der Waals surface area contributed by atoms with Crippen LogP contribution in [0.15, 0.2) is 0 Å². The van der Waals surface area contributed by atoms with Gasteiger partial charge in [-0.2, -0.15) is 8.42 Å². The number of hydrogen-bond acceptors (Lipinski definition) is 8. The van der Waals surface area contributed by atoms with Crippen LogP contribution in [0.4, 0.5) is 0 Å². The van der Waals surface area contributed by atoms with Crippen LogP contribution < -0.4 is 0 Å². The summed E-state index contributed by atoms with van der Waals surface area (Å²) in [5.74, 6) is 0. The molecule has 0 aliphatic rings. The van der Waals surface area contributed by atoms with Crippen molar-refractivity contribution in [2.75, 3.05) is 52.7 Å². The zero-order valence-corrected chi connectivity index (χ0v) is 10.8. The second-order valence-electron chi connectivity index (χ2n) is 2.99. The normalized spacial score (nSPS) is 11.2. The van der Waals surface area contributed by atoms with Crippen molar-refractivity contribution in [3.63, 3.8) is 0 Å². The summed E-state index contributed by atoms with van der Waals surface area (Å²) in [4.78, 5) is 1.79. The Morgan fingerprint density at radius 3 is 1.39 bits per heavy atom. The van der Waals surface area contributed by atoms with Crippen molar-refractivity contribution >= 4 is 10.4 Å². The van der Waals surface area contributed by atoms with Crippen LogP contribution in [0, 0.1) is 0 Å². The van der Waals surface area contributed by atoms with Gasteiger partial charge < -0.3 is 20.4 Å². The van der Waals surface area contributed by atoms with Crippen LogP contribution in [0.1, 0.15) is 0 Å². The highest BCUT2D eigenvalue weighted by molar-refractivity contribution is 7.80. The molecule has 0 aliphatic carbocycles. The summed E-state index contributed by atoms with van der Waals surface area (Å²) in [5, 5.41) is 33.4. The van der Waals surface area contributed by atoms with Crippen LogP contribution >= 0.6 is 0 Å². The van der Waals surface area contributed by atoms with Crippen molar-refractivity contribution in [3.05, 3.63) is 0 Å². The lowest BCUT2D eigenvalue weighted by Gasteiger charge is -2.17. The average Bonchev–Trinajstić information content (AvgIpc) is 2.27. The van der Waals surface area contributed by atoms with Crippen molar-refractivity contribution in [2.24, 2.45) is 0 Å². The molecule has 0 bridgehead atoms. The molecule has 112 valence electrons. The monoisotopic (exact) mass is 291 g/mol. The van der Waals surface area contributed by atoms with Gasteiger partial charge in [0.2, 0.25) is 0 Å². The maximum atomic E-state index is 9.61. The molecule has 0 aromatic heterocycles. The Kier molecular flexibility index (Phi) is 14.6. The van der Waals surface area contributed by atoms with Crippen molar-refractivity contribution in [1.29, 1.82) is 0 Å². The van der Waals surface area contributed by atoms with E-state index in [-0.39, 0.29) is 19.8 Å². The summed E-state index contributed by atoms with van der Waals surface area (Å²) in [6, 6.07) is 0. The van der Waals surface area contributed by atoms with Crippen LogP contribution in [0.3, 0.4) is 0 Å². The summed E-state index contributed by atoms with van der Waals surface area (Å²) >= 11 is 0. The molecule has 0 rings (SSSR count). The van der Waals surface area contributed by atoms with E-state index < -0.39 is 23.6 Å². The molecule has 10 heteroatoms. The van der Waals surface area contributed by atoms with E-state index in [9.17, 15) is 8.42 Å². The van der Waals surface area contributed by atoms with E-state index in [1.54, 1.807) is 4.90 Å². The third-order valence-corrected chi connectivity index (χ3v) is 2.04. The van der Waals surface area contributed by atoms with Gasteiger partial charge in [0, 0.05) is 19.6 Å². The maximum Gasteiger partial charge on any atom is 0.397 e. The minimum Gasteiger partial charge on any atom is -0.395 e. The van der Waals surface area contributed by atoms with E-state index in [0.29, 0.717) is 19.6 Å². The Morgan fingerprint density at radius 2 is 1.22 bits per heavy atom. The molecular weight excluding hydrogens is 270 g/mol. The second kappa shape index (κ2) is 13.1. The molecular formula is C8H21NO8S. The Bertz CT molecular complexity index is 244. The highest BCUT2D eigenvalue weighted by Gasteiger charge is 2.01. The minimum absolute atomic E-state index is 0.0694. The predicted octanol–water partition coefficient (Wildman–Crippen LogP) is -2.94. The van der Waals surface area contributed by atoms with Crippen LogP contribution in [0.2, 0.25) is 0 Å². The van der Waals surface area contributed by atoms with Gasteiger partial charge in [-0.25, -0.2) is 4.18 Å². The molecule has 0 atom stereocenters. The zero-order valence-electron chi connectivity index (χ0n) is 9.97. The molecule has 0 amide bonds. The molecule has 0 spiro atoms. The van der Waals surface area contributed by atoms with Gasteiger partial charge in [0.1, 0.15) is 0 Å². The van der Waals surface area contributed by atoms with E-state index in [0.717, 1.165) is 0 Å². The van der Waals surface area contributed by atoms with E-state index in [1.165, 1.54) is 0 Å². The molecule has 0 fully saturated rings. The Balaban J connectivity index is 0. The van der Waals surface area contributed by atoms with Crippen LogP contribution in [-0.2, 0) is 14.6 Å². The highest BCUT2D eigenvalue weighted by Crippen LogP contribution is 1.84. The Hall–Kier alpha value is -0.330. The first-order valence-corrected chi connectivity index (χ1v) is 6.55. The fraction of sp³-hybridized carbons (Fsp3) is 1.00. The standard InChI is InChI=1S/C6H15NO3.C2H6O5S/c8-4-1-7(2-5-9)3-6-10;3-1-2-7-8(4,5)6/h8-10H,1-6H2;3H,1-2H2,(H,4,5,6). The summed E-state index contributed by atoms with van der Waals surface area (Å²) in [5.41, 5.74) is 0. The van der Waals surface area contributed by atoms with Crippen molar-refractivity contribution in [3.8, 4) is 0 Å².